The van der Waals surface area contributed by atoms with E-state index in [-0.39, 0.29) is 29.9 Å². The SMILES string of the molecule is Cc1ccc(F)c(S(=O)(=O)N2CCCC(N)C2)c1.Cl. The number of hydrogen-bond acceptors (Lipinski definition) is 3. The van der Waals surface area contributed by atoms with Crippen LogP contribution in [0.5, 0.6) is 0 Å². The first-order valence-electron chi connectivity index (χ1n) is 5.93. The third-order valence-corrected chi connectivity index (χ3v) is 5.01. The van der Waals surface area contributed by atoms with Crippen molar-refractivity contribution in [1.29, 1.82) is 0 Å². The van der Waals surface area contributed by atoms with Crippen LogP contribution in [0.1, 0.15) is 18.4 Å². The number of halogens is 2. The molecule has 0 aromatic heterocycles. The van der Waals surface area contributed by atoms with Crippen molar-refractivity contribution in [3.8, 4) is 0 Å². The summed E-state index contributed by atoms with van der Waals surface area (Å²) in [5, 5.41) is 0. The van der Waals surface area contributed by atoms with Crippen LogP contribution in [-0.4, -0.2) is 31.9 Å². The first-order valence-corrected chi connectivity index (χ1v) is 7.37. The molecule has 1 fully saturated rings. The second-order valence-electron chi connectivity index (χ2n) is 4.70. The molecule has 19 heavy (non-hydrogen) atoms. The van der Waals surface area contributed by atoms with Crippen LogP contribution in [-0.2, 0) is 10.0 Å². The number of piperidine rings is 1. The van der Waals surface area contributed by atoms with Gasteiger partial charge in [0.25, 0.3) is 0 Å². The largest absolute Gasteiger partial charge is 0.327 e. The Morgan fingerprint density at radius 3 is 2.74 bits per heavy atom. The molecule has 2 N–H and O–H groups in total. The van der Waals surface area contributed by atoms with E-state index in [1.54, 1.807) is 13.0 Å². The number of benzene rings is 1. The van der Waals surface area contributed by atoms with E-state index in [9.17, 15) is 12.8 Å². The van der Waals surface area contributed by atoms with E-state index in [2.05, 4.69) is 0 Å². The molecule has 0 radical (unpaired) electrons. The van der Waals surface area contributed by atoms with Crippen LogP contribution < -0.4 is 5.73 Å². The fourth-order valence-electron chi connectivity index (χ4n) is 2.14. The average molecular weight is 309 g/mol. The standard InChI is InChI=1S/C12H17FN2O2S.ClH/c1-9-4-5-11(13)12(7-9)18(16,17)15-6-2-3-10(14)8-15;/h4-5,7,10H,2-3,6,8,14H2,1H3;1H. The minimum absolute atomic E-state index is 0. The molecule has 0 spiro atoms. The summed E-state index contributed by atoms with van der Waals surface area (Å²) in [4.78, 5) is -0.253. The van der Waals surface area contributed by atoms with E-state index < -0.39 is 15.8 Å². The van der Waals surface area contributed by atoms with Crippen molar-refractivity contribution in [2.75, 3.05) is 13.1 Å². The van der Waals surface area contributed by atoms with Gasteiger partial charge in [-0.2, -0.15) is 4.31 Å². The molecule has 0 saturated carbocycles. The summed E-state index contributed by atoms with van der Waals surface area (Å²) in [7, 11) is -3.77. The molecule has 1 atom stereocenters. The third kappa shape index (κ3) is 3.45. The van der Waals surface area contributed by atoms with Gasteiger partial charge < -0.3 is 5.73 Å². The van der Waals surface area contributed by atoms with E-state index in [1.165, 1.54) is 16.4 Å². The van der Waals surface area contributed by atoms with Crippen molar-refractivity contribution < 1.29 is 12.8 Å². The maximum absolute atomic E-state index is 13.7. The predicted molar refractivity (Wildman–Crippen MR) is 74.4 cm³/mol. The molecule has 1 heterocycles. The van der Waals surface area contributed by atoms with Crippen LogP contribution in [0.2, 0.25) is 0 Å². The van der Waals surface area contributed by atoms with Gasteiger partial charge in [0, 0.05) is 19.1 Å². The molecule has 108 valence electrons. The number of nitrogens with zero attached hydrogens (tertiary/aromatic N) is 1. The molecule has 1 aromatic carbocycles. The van der Waals surface area contributed by atoms with Gasteiger partial charge in [0.2, 0.25) is 10.0 Å². The first kappa shape index (κ1) is 16.4. The highest BCUT2D eigenvalue weighted by molar-refractivity contribution is 7.89. The summed E-state index contributed by atoms with van der Waals surface area (Å²) < 4.78 is 39.6. The highest BCUT2D eigenvalue weighted by Gasteiger charge is 2.30. The molecule has 4 nitrogen and oxygen atoms in total. The Hall–Kier alpha value is -0.690. The Kier molecular flexibility index (Phi) is 5.32. The second kappa shape index (κ2) is 6.17. The van der Waals surface area contributed by atoms with Crippen LogP contribution >= 0.6 is 12.4 Å². The van der Waals surface area contributed by atoms with Gasteiger partial charge >= 0.3 is 0 Å². The summed E-state index contributed by atoms with van der Waals surface area (Å²) in [5.41, 5.74) is 6.49. The van der Waals surface area contributed by atoms with Crippen molar-refractivity contribution in [1.82, 2.24) is 4.31 Å². The number of aryl methyl sites for hydroxylation is 1. The van der Waals surface area contributed by atoms with Gasteiger partial charge in [-0.25, -0.2) is 12.8 Å². The molecular weight excluding hydrogens is 291 g/mol. The maximum Gasteiger partial charge on any atom is 0.246 e. The Morgan fingerprint density at radius 2 is 2.11 bits per heavy atom. The van der Waals surface area contributed by atoms with Crippen LogP contribution in [0.4, 0.5) is 4.39 Å². The fraction of sp³-hybridized carbons (Fsp3) is 0.500. The first-order chi connectivity index (χ1) is 8.41. The number of hydrogen-bond donors (Lipinski definition) is 1. The Morgan fingerprint density at radius 1 is 1.42 bits per heavy atom. The maximum atomic E-state index is 13.7. The number of nitrogens with two attached hydrogens (primary N) is 1. The Labute approximate surface area is 119 Å². The highest BCUT2D eigenvalue weighted by Crippen LogP contribution is 2.23. The predicted octanol–water partition coefficient (Wildman–Crippen LogP) is 1.67. The van der Waals surface area contributed by atoms with Gasteiger partial charge in [0.15, 0.2) is 0 Å². The van der Waals surface area contributed by atoms with Gasteiger partial charge in [-0.3, -0.25) is 0 Å². The summed E-state index contributed by atoms with van der Waals surface area (Å²) in [6, 6.07) is 3.94. The molecule has 1 aromatic rings. The van der Waals surface area contributed by atoms with Gasteiger partial charge in [-0.05, 0) is 37.5 Å². The van der Waals surface area contributed by atoms with Crippen LogP contribution in [0, 0.1) is 12.7 Å². The zero-order valence-corrected chi connectivity index (χ0v) is 12.3. The lowest BCUT2D eigenvalue weighted by Gasteiger charge is -2.30. The zero-order chi connectivity index (χ0) is 13.3. The van der Waals surface area contributed by atoms with E-state index in [0.717, 1.165) is 12.0 Å². The Balaban J connectivity index is 0.00000180. The zero-order valence-electron chi connectivity index (χ0n) is 10.7. The lowest BCUT2D eigenvalue weighted by atomic mass is 10.1. The van der Waals surface area contributed by atoms with E-state index in [0.29, 0.717) is 13.0 Å². The number of rotatable bonds is 2. The van der Waals surface area contributed by atoms with Crippen molar-refractivity contribution >= 4 is 22.4 Å². The van der Waals surface area contributed by atoms with E-state index in [4.69, 9.17) is 5.73 Å². The molecule has 2 rings (SSSR count). The molecule has 1 aliphatic heterocycles. The molecule has 7 heteroatoms. The van der Waals surface area contributed by atoms with Gasteiger partial charge in [0.1, 0.15) is 10.7 Å². The molecule has 1 saturated heterocycles. The minimum Gasteiger partial charge on any atom is -0.327 e. The van der Waals surface area contributed by atoms with Gasteiger partial charge in [-0.15, -0.1) is 12.4 Å². The monoisotopic (exact) mass is 308 g/mol. The topological polar surface area (TPSA) is 63.4 Å². The third-order valence-electron chi connectivity index (χ3n) is 3.13. The minimum atomic E-state index is -3.77. The smallest absolute Gasteiger partial charge is 0.246 e. The molecule has 1 aliphatic rings. The normalized spacial score (nSPS) is 20.9. The lowest BCUT2D eigenvalue weighted by Crippen LogP contribution is -2.45. The molecule has 1 unspecified atom stereocenters. The van der Waals surface area contributed by atoms with E-state index >= 15 is 0 Å². The molecular formula is C12H18ClFN2O2S. The summed E-state index contributed by atoms with van der Waals surface area (Å²) in [6.45, 7) is 2.40. The summed E-state index contributed by atoms with van der Waals surface area (Å²) in [5.74, 6) is -0.709. The van der Waals surface area contributed by atoms with Crippen LogP contribution in [0.15, 0.2) is 23.1 Å². The summed E-state index contributed by atoms with van der Waals surface area (Å²) >= 11 is 0. The second-order valence-corrected chi connectivity index (χ2v) is 6.61. The van der Waals surface area contributed by atoms with Gasteiger partial charge in [0.05, 0.1) is 0 Å². The summed E-state index contributed by atoms with van der Waals surface area (Å²) in [6.07, 6.45) is 1.52. The van der Waals surface area contributed by atoms with Crippen LogP contribution in [0.25, 0.3) is 0 Å². The average Bonchev–Trinajstić information content (AvgIpc) is 2.32. The number of sulfonamides is 1. The quantitative estimate of drug-likeness (QED) is 0.904. The molecule has 0 aliphatic carbocycles. The molecule has 0 amide bonds. The van der Waals surface area contributed by atoms with Gasteiger partial charge in [-0.1, -0.05) is 6.07 Å². The molecule has 0 bridgehead atoms. The fourth-order valence-corrected chi connectivity index (χ4v) is 3.82. The van der Waals surface area contributed by atoms with Crippen molar-refractivity contribution in [2.45, 2.75) is 30.7 Å². The van der Waals surface area contributed by atoms with Crippen molar-refractivity contribution in [3.63, 3.8) is 0 Å². The Bertz CT molecular complexity index is 551. The van der Waals surface area contributed by atoms with E-state index in [1.807, 2.05) is 0 Å². The van der Waals surface area contributed by atoms with Crippen molar-refractivity contribution in [3.05, 3.63) is 29.6 Å². The van der Waals surface area contributed by atoms with Crippen molar-refractivity contribution in [2.24, 2.45) is 5.73 Å². The lowest BCUT2D eigenvalue weighted by molar-refractivity contribution is 0.315. The highest BCUT2D eigenvalue weighted by atomic mass is 35.5. The van der Waals surface area contributed by atoms with Crippen LogP contribution in [0.3, 0.4) is 0 Å².